The molecule has 0 radical (unpaired) electrons. The molecule has 1 aromatic heterocycles. The van der Waals surface area contributed by atoms with Gasteiger partial charge in [-0.05, 0) is 43.7 Å². The molecule has 0 aromatic carbocycles. The van der Waals surface area contributed by atoms with Crippen molar-refractivity contribution in [3.63, 3.8) is 0 Å². The Morgan fingerprint density at radius 3 is 2.55 bits per heavy atom. The van der Waals surface area contributed by atoms with Crippen molar-refractivity contribution in [2.75, 3.05) is 38.1 Å². The van der Waals surface area contributed by atoms with Gasteiger partial charge in [-0.3, -0.25) is 4.99 Å². The average Bonchev–Trinajstić information content (AvgIpc) is 2.62. The summed E-state index contributed by atoms with van der Waals surface area (Å²) in [5.41, 5.74) is -0.781. The molecular formula is C19H33F3IN5O. The highest BCUT2D eigenvalue weighted by Crippen LogP contribution is 2.33. The third-order valence-corrected chi connectivity index (χ3v) is 4.02. The zero-order chi connectivity index (χ0) is 21.0. The normalized spacial score (nSPS) is 13.0. The first kappa shape index (κ1) is 27.7. The number of aromatic nitrogens is 1. The molecule has 1 aromatic rings. The largest absolute Gasteiger partial charge is 0.419 e. The number of aliphatic hydroxyl groups excluding tert-OH is 1. The van der Waals surface area contributed by atoms with Crippen LogP contribution < -0.4 is 16.0 Å². The van der Waals surface area contributed by atoms with Crippen LogP contribution in [-0.4, -0.2) is 48.8 Å². The Morgan fingerprint density at radius 1 is 1.24 bits per heavy atom. The van der Waals surface area contributed by atoms with Gasteiger partial charge in [-0.2, -0.15) is 13.2 Å². The summed E-state index contributed by atoms with van der Waals surface area (Å²) in [6.45, 7) is 8.24. The first-order chi connectivity index (χ1) is 13.3. The van der Waals surface area contributed by atoms with Crippen LogP contribution in [0.5, 0.6) is 0 Å². The summed E-state index contributed by atoms with van der Waals surface area (Å²) in [4.78, 5) is 8.32. The third-order valence-electron chi connectivity index (χ3n) is 4.02. The Balaban J connectivity index is 0.00000784. The van der Waals surface area contributed by atoms with Crippen LogP contribution in [0.4, 0.5) is 19.0 Å². The van der Waals surface area contributed by atoms with Crippen LogP contribution in [0.2, 0.25) is 0 Å². The monoisotopic (exact) mass is 531 g/mol. The first-order valence-electron chi connectivity index (χ1n) is 9.67. The van der Waals surface area contributed by atoms with Gasteiger partial charge in [-0.25, -0.2) is 4.98 Å². The van der Waals surface area contributed by atoms with Gasteiger partial charge in [0.2, 0.25) is 0 Å². The van der Waals surface area contributed by atoms with Gasteiger partial charge in [0.25, 0.3) is 0 Å². The van der Waals surface area contributed by atoms with E-state index in [1.54, 1.807) is 0 Å². The SMILES string of the molecule is CCNC(=NCC(CCO)CC(C)C)NCCNc1ncccc1C(F)(F)F.I. The molecule has 0 fully saturated rings. The van der Waals surface area contributed by atoms with E-state index in [1.165, 1.54) is 12.3 Å². The number of anilines is 1. The molecule has 6 nitrogen and oxygen atoms in total. The maximum Gasteiger partial charge on any atom is 0.419 e. The summed E-state index contributed by atoms with van der Waals surface area (Å²) in [5, 5.41) is 18.1. The number of nitrogens with one attached hydrogen (secondary N) is 3. The van der Waals surface area contributed by atoms with Crippen molar-refractivity contribution in [2.24, 2.45) is 16.8 Å². The van der Waals surface area contributed by atoms with Crippen molar-refractivity contribution in [3.05, 3.63) is 23.9 Å². The molecule has 0 aliphatic heterocycles. The molecule has 1 heterocycles. The smallest absolute Gasteiger partial charge is 0.396 e. The molecule has 0 spiro atoms. The van der Waals surface area contributed by atoms with Gasteiger partial charge in [0, 0.05) is 39.0 Å². The lowest BCUT2D eigenvalue weighted by Gasteiger charge is -2.18. The molecule has 29 heavy (non-hydrogen) atoms. The standard InChI is InChI=1S/C19H32F3N5O.HI/c1-4-23-18(27-13-15(7-11-28)12-14(2)3)26-10-9-25-17-16(19(20,21)22)6-5-8-24-17;/h5-6,8,14-15,28H,4,7,9-13H2,1-3H3,(H,24,25)(H2,23,26,27);1H. The van der Waals surface area contributed by atoms with E-state index in [2.05, 4.69) is 39.8 Å². The summed E-state index contributed by atoms with van der Waals surface area (Å²) >= 11 is 0. The van der Waals surface area contributed by atoms with Crippen LogP contribution >= 0.6 is 24.0 Å². The Kier molecular flexibility index (Phi) is 14.0. The molecule has 4 N–H and O–H groups in total. The number of guanidine groups is 1. The van der Waals surface area contributed by atoms with Crippen LogP contribution in [0.15, 0.2) is 23.3 Å². The highest BCUT2D eigenvalue weighted by Gasteiger charge is 2.33. The van der Waals surface area contributed by atoms with Gasteiger partial charge in [-0.15, -0.1) is 24.0 Å². The molecule has 0 amide bonds. The average molecular weight is 531 g/mol. The summed E-state index contributed by atoms with van der Waals surface area (Å²) in [5.74, 6) is 1.24. The summed E-state index contributed by atoms with van der Waals surface area (Å²) in [6.07, 6.45) is -1.45. The van der Waals surface area contributed by atoms with Gasteiger partial charge in [0.1, 0.15) is 5.82 Å². The predicted octanol–water partition coefficient (Wildman–Crippen LogP) is 3.73. The van der Waals surface area contributed by atoms with Crippen LogP contribution in [0.3, 0.4) is 0 Å². The van der Waals surface area contributed by atoms with E-state index in [1.807, 2.05) is 6.92 Å². The maximum atomic E-state index is 13.0. The fourth-order valence-electron chi connectivity index (χ4n) is 2.83. The van der Waals surface area contributed by atoms with E-state index >= 15 is 0 Å². The highest BCUT2D eigenvalue weighted by molar-refractivity contribution is 14.0. The number of halogens is 4. The lowest BCUT2D eigenvalue weighted by atomic mass is 9.94. The minimum Gasteiger partial charge on any atom is -0.396 e. The second-order valence-electron chi connectivity index (χ2n) is 6.98. The minimum atomic E-state index is -4.45. The van der Waals surface area contributed by atoms with Crippen LogP contribution in [0.1, 0.15) is 39.2 Å². The van der Waals surface area contributed by atoms with E-state index in [9.17, 15) is 18.3 Å². The van der Waals surface area contributed by atoms with Crippen molar-refractivity contribution >= 4 is 35.8 Å². The molecule has 1 rings (SSSR count). The molecule has 168 valence electrons. The molecular weight excluding hydrogens is 498 g/mol. The predicted molar refractivity (Wildman–Crippen MR) is 122 cm³/mol. The second kappa shape index (κ2) is 14.6. The molecule has 0 aliphatic carbocycles. The van der Waals surface area contributed by atoms with Crippen LogP contribution in [0.25, 0.3) is 0 Å². The lowest BCUT2D eigenvalue weighted by Crippen LogP contribution is -2.40. The Hall–Kier alpha value is -1.30. The van der Waals surface area contributed by atoms with E-state index in [0.717, 1.165) is 12.5 Å². The first-order valence-corrected chi connectivity index (χ1v) is 9.67. The van der Waals surface area contributed by atoms with E-state index in [0.29, 0.717) is 43.9 Å². The van der Waals surface area contributed by atoms with Crippen molar-refractivity contribution in [1.29, 1.82) is 0 Å². The lowest BCUT2D eigenvalue weighted by molar-refractivity contribution is -0.137. The van der Waals surface area contributed by atoms with Gasteiger partial charge in [-0.1, -0.05) is 13.8 Å². The minimum absolute atomic E-state index is 0. The zero-order valence-corrected chi connectivity index (χ0v) is 19.6. The van der Waals surface area contributed by atoms with Gasteiger partial charge in [0.05, 0.1) is 5.56 Å². The Morgan fingerprint density at radius 2 is 1.97 bits per heavy atom. The van der Waals surface area contributed by atoms with Crippen molar-refractivity contribution in [1.82, 2.24) is 15.6 Å². The summed E-state index contributed by atoms with van der Waals surface area (Å²) < 4.78 is 38.9. The number of hydrogen-bond donors (Lipinski definition) is 4. The molecule has 1 unspecified atom stereocenters. The van der Waals surface area contributed by atoms with Crippen LogP contribution in [-0.2, 0) is 6.18 Å². The quantitative estimate of drug-likeness (QED) is 0.152. The number of rotatable bonds is 11. The summed E-state index contributed by atoms with van der Waals surface area (Å²) in [6, 6.07) is 2.27. The maximum absolute atomic E-state index is 13.0. The van der Waals surface area contributed by atoms with Gasteiger partial charge >= 0.3 is 6.18 Å². The van der Waals surface area contributed by atoms with Gasteiger partial charge < -0.3 is 21.1 Å². The van der Waals surface area contributed by atoms with Crippen LogP contribution in [0, 0.1) is 11.8 Å². The number of aliphatic hydroxyl groups is 1. The third kappa shape index (κ3) is 11.5. The number of hydrogen-bond acceptors (Lipinski definition) is 4. The molecule has 0 saturated carbocycles. The highest BCUT2D eigenvalue weighted by atomic mass is 127. The second-order valence-corrected chi connectivity index (χ2v) is 6.98. The zero-order valence-electron chi connectivity index (χ0n) is 17.2. The Bertz CT molecular complexity index is 599. The van der Waals surface area contributed by atoms with Crippen molar-refractivity contribution in [2.45, 2.75) is 39.8 Å². The molecule has 0 aliphatic rings. The van der Waals surface area contributed by atoms with Crippen molar-refractivity contribution in [3.8, 4) is 0 Å². The van der Waals surface area contributed by atoms with E-state index in [-0.39, 0.29) is 42.9 Å². The molecule has 10 heteroatoms. The number of alkyl halides is 3. The molecule has 0 saturated heterocycles. The fraction of sp³-hybridized carbons (Fsp3) is 0.684. The van der Waals surface area contributed by atoms with E-state index in [4.69, 9.17) is 0 Å². The number of nitrogens with zero attached hydrogens (tertiary/aromatic N) is 2. The Labute approximate surface area is 188 Å². The molecule has 0 bridgehead atoms. The summed E-state index contributed by atoms with van der Waals surface area (Å²) in [7, 11) is 0. The van der Waals surface area contributed by atoms with Gasteiger partial charge in [0.15, 0.2) is 5.96 Å². The molecule has 1 atom stereocenters. The topological polar surface area (TPSA) is 81.6 Å². The fourth-order valence-corrected chi connectivity index (χ4v) is 2.83. The van der Waals surface area contributed by atoms with Crippen molar-refractivity contribution < 1.29 is 18.3 Å². The van der Waals surface area contributed by atoms with E-state index < -0.39 is 11.7 Å². The number of pyridine rings is 1. The number of aliphatic imine (C=N–C) groups is 1.